The van der Waals surface area contributed by atoms with Crippen LogP contribution < -0.4 is 5.32 Å². The van der Waals surface area contributed by atoms with Crippen LogP contribution in [0, 0.1) is 0 Å². The first-order valence-electron chi connectivity index (χ1n) is 5.20. The highest BCUT2D eigenvalue weighted by molar-refractivity contribution is 5.40. The average molecular weight is 173 g/mol. The van der Waals surface area contributed by atoms with Gasteiger partial charge in [0.25, 0.3) is 0 Å². The Kier molecular flexibility index (Phi) is 1.50. The first-order chi connectivity index (χ1) is 6.41. The van der Waals surface area contributed by atoms with Gasteiger partial charge < -0.3 is 5.32 Å². The van der Waals surface area contributed by atoms with Crippen molar-refractivity contribution in [1.29, 1.82) is 0 Å². The van der Waals surface area contributed by atoms with Crippen molar-refractivity contribution in [3.05, 3.63) is 35.4 Å². The number of rotatable bonds is 0. The third-order valence-corrected chi connectivity index (χ3v) is 3.71. The number of aryl methyl sites for hydroxylation is 1. The van der Waals surface area contributed by atoms with Crippen molar-refractivity contribution in [3.63, 3.8) is 0 Å². The summed E-state index contributed by atoms with van der Waals surface area (Å²) in [6.45, 7) is 2.40. The molecule has 1 spiro atoms. The Morgan fingerprint density at radius 3 is 2.92 bits per heavy atom. The Hall–Kier alpha value is -0.820. The molecule has 1 fully saturated rings. The molecule has 1 aromatic rings. The Bertz CT molecular complexity index is 324. The molecule has 3 rings (SSSR count). The minimum absolute atomic E-state index is 0.511. The topological polar surface area (TPSA) is 12.0 Å². The monoisotopic (exact) mass is 173 g/mol. The smallest absolute Gasteiger partial charge is 0.00957 e. The lowest BCUT2D eigenvalue weighted by Crippen LogP contribution is -2.25. The van der Waals surface area contributed by atoms with Crippen LogP contribution in [0.1, 0.15) is 24.0 Å². The highest BCUT2D eigenvalue weighted by Crippen LogP contribution is 2.42. The molecular weight excluding hydrogens is 158 g/mol. The van der Waals surface area contributed by atoms with E-state index in [1.165, 1.54) is 32.4 Å². The maximum atomic E-state index is 3.50. The standard InChI is InChI=1S/C12H15N/c1-2-4-11-10(3-1)5-6-12(11)7-8-13-9-12/h1-4,13H,5-9H2. The third-order valence-electron chi connectivity index (χ3n) is 3.71. The first kappa shape index (κ1) is 7.57. The quantitative estimate of drug-likeness (QED) is 0.631. The van der Waals surface area contributed by atoms with Gasteiger partial charge in [-0.15, -0.1) is 0 Å². The summed E-state index contributed by atoms with van der Waals surface area (Å²) in [7, 11) is 0. The van der Waals surface area contributed by atoms with E-state index < -0.39 is 0 Å². The van der Waals surface area contributed by atoms with Gasteiger partial charge >= 0.3 is 0 Å². The van der Waals surface area contributed by atoms with E-state index in [0.717, 1.165) is 0 Å². The lowest BCUT2D eigenvalue weighted by Gasteiger charge is -2.23. The summed E-state index contributed by atoms with van der Waals surface area (Å²) in [6.07, 6.45) is 3.99. The molecule has 1 heterocycles. The van der Waals surface area contributed by atoms with Crippen LogP contribution in [0.15, 0.2) is 24.3 Å². The molecule has 1 aromatic carbocycles. The lowest BCUT2D eigenvalue weighted by atomic mass is 9.81. The summed E-state index contributed by atoms with van der Waals surface area (Å²) in [5.41, 5.74) is 3.72. The van der Waals surface area contributed by atoms with Crippen LogP contribution in [-0.4, -0.2) is 13.1 Å². The van der Waals surface area contributed by atoms with Crippen molar-refractivity contribution in [2.75, 3.05) is 13.1 Å². The van der Waals surface area contributed by atoms with Crippen LogP contribution in [0.25, 0.3) is 0 Å². The van der Waals surface area contributed by atoms with E-state index in [1.54, 1.807) is 11.1 Å². The zero-order chi connectivity index (χ0) is 8.73. The fourth-order valence-electron chi connectivity index (χ4n) is 2.95. The van der Waals surface area contributed by atoms with Gasteiger partial charge in [0.2, 0.25) is 0 Å². The molecule has 1 heteroatoms. The van der Waals surface area contributed by atoms with E-state index in [1.807, 2.05) is 0 Å². The van der Waals surface area contributed by atoms with Crippen LogP contribution in [0.5, 0.6) is 0 Å². The Morgan fingerprint density at radius 2 is 2.08 bits per heavy atom. The van der Waals surface area contributed by atoms with Gasteiger partial charge in [0.05, 0.1) is 0 Å². The molecular formula is C12H15N. The minimum Gasteiger partial charge on any atom is -0.316 e. The van der Waals surface area contributed by atoms with Gasteiger partial charge in [-0.2, -0.15) is 0 Å². The van der Waals surface area contributed by atoms with Crippen molar-refractivity contribution in [2.45, 2.75) is 24.7 Å². The fraction of sp³-hybridized carbons (Fsp3) is 0.500. The van der Waals surface area contributed by atoms with Crippen molar-refractivity contribution in [3.8, 4) is 0 Å². The van der Waals surface area contributed by atoms with Gasteiger partial charge in [-0.05, 0) is 36.9 Å². The molecule has 1 aliphatic heterocycles. The molecule has 2 aliphatic rings. The van der Waals surface area contributed by atoms with E-state index in [-0.39, 0.29) is 0 Å². The molecule has 0 bridgehead atoms. The summed E-state index contributed by atoms with van der Waals surface area (Å²) >= 11 is 0. The Labute approximate surface area is 79.2 Å². The normalized spacial score (nSPS) is 31.1. The maximum absolute atomic E-state index is 3.50. The van der Waals surface area contributed by atoms with Crippen LogP contribution in [0.2, 0.25) is 0 Å². The number of fused-ring (bicyclic) bond motifs is 2. The van der Waals surface area contributed by atoms with E-state index in [9.17, 15) is 0 Å². The fourth-order valence-corrected chi connectivity index (χ4v) is 2.95. The van der Waals surface area contributed by atoms with Crippen LogP contribution >= 0.6 is 0 Å². The highest BCUT2D eigenvalue weighted by atomic mass is 14.9. The van der Waals surface area contributed by atoms with E-state index in [0.29, 0.717) is 5.41 Å². The zero-order valence-electron chi connectivity index (χ0n) is 7.84. The van der Waals surface area contributed by atoms with Crippen molar-refractivity contribution in [2.24, 2.45) is 0 Å². The number of hydrogen-bond donors (Lipinski definition) is 1. The Morgan fingerprint density at radius 1 is 1.15 bits per heavy atom. The molecule has 0 aromatic heterocycles. The second-order valence-electron chi connectivity index (χ2n) is 4.36. The zero-order valence-corrected chi connectivity index (χ0v) is 7.84. The molecule has 1 atom stereocenters. The molecule has 1 saturated heterocycles. The van der Waals surface area contributed by atoms with E-state index >= 15 is 0 Å². The molecule has 0 radical (unpaired) electrons. The summed E-state index contributed by atoms with van der Waals surface area (Å²) < 4.78 is 0. The maximum Gasteiger partial charge on any atom is 0.00957 e. The summed E-state index contributed by atoms with van der Waals surface area (Å²) in [6, 6.07) is 8.97. The number of benzene rings is 1. The predicted molar refractivity (Wildman–Crippen MR) is 53.9 cm³/mol. The van der Waals surface area contributed by atoms with Crippen LogP contribution in [0.3, 0.4) is 0 Å². The molecule has 1 N–H and O–H groups in total. The number of hydrogen-bond acceptors (Lipinski definition) is 1. The van der Waals surface area contributed by atoms with Gasteiger partial charge in [-0.25, -0.2) is 0 Å². The summed E-state index contributed by atoms with van der Waals surface area (Å²) in [4.78, 5) is 0. The minimum atomic E-state index is 0.511. The van der Waals surface area contributed by atoms with E-state index in [4.69, 9.17) is 0 Å². The van der Waals surface area contributed by atoms with Gasteiger partial charge in [0.1, 0.15) is 0 Å². The van der Waals surface area contributed by atoms with Crippen LogP contribution in [0.4, 0.5) is 0 Å². The predicted octanol–water partition coefficient (Wildman–Crippen LogP) is 1.86. The van der Waals surface area contributed by atoms with Crippen molar-refractivity contribution in [1.82, 2.24) is 5.32 Å². The third kappa shape index (κ3) is 0.969. The SMILES string of the molecule is c1ccc2c(c1)CCC21CCNC1. The summed E-state index contributed by atoms with van der Waals surface area (Å²) in [5, 5.41) is 3.50. The molecule has 0 saturated carbocycles. The van der Waals surface area contributed by atoms with Crippen LogP contribution in [-0.2, 0) is 11.8 Å². The molecule has 1 aliphatic carbocycles. The van der Waals surface area contributed by atoms with Gasteiger partial charge in [0.15, 0.2) is 0 Å². The largest absolute Gasteiger partial charge is 0.316 e. The second kappa shape index (κ2) is 2.58. The molecule has 0 amide bonds. The second-order valence-corrected chi connectivity index (χ2v) is 4.36. The van der Waals surface area contributed by atoms with Crippen molar-refractivity contribution < 1.29 is 0 Å². The first-order valence-corrected chi connectivity index (χ1v) is 5.20. The van der Waals surface area contributed by atoms with Gasteiger partial charge in [-0.3, -0.25) is 0 Å². The summed E-state index contributed by atoms with van der Waals surface area (Å²) in [5.74, 6) is 0. The molecule has 1 unspecified atom stereocenters. The van der Waals surface area contributed by atoms with Crippen molar-refractivity contribution >= 4 is 0 Å². The highest BCUT2D eigenvalue weighted by Gasteiger charge is 2.40. The molecule has 1 nitrogen and oxygen atoms in total. The van der Waals surface area contributed by atoms with Gasteiger partial charge in [-0.1, -0.05) is 24.3 Å². The molecule has 68 valence electrons. The lowest BCUT2D eigenvalue weighted by molar-refractivity contribution is 0.468. The van der Waals surface area contributed by atoms with E-state index in [2.05, 4.69) is 29.6 Å². The van der Waals surface area contributed by atoms with Gasteiger partial charge in [0, 0.05) is 12.0 Å². The average Bonchev–Trinajstić information content (AvgIpc) is 2.78. The Balaban J connectivity index is 2.11. The molecule has 13 heavy (non-hydrogen) atoms. The number of nitrogens with one attached hydrogen (secondary N) is 1.